The smallest absolute Gasteiger partial charge is 0.211 e. The SMILES string of the molecule is C[C@]1(CCCCS(=O)(=O)NCC2CCCCC2)CCCN1. The first-order valence-electron chi connectivity index (χ1n) is 8.72. The van der Waals surface area contributed by atoms with E-state index in [0.717, 1.165) is 25.8 Å². The van der Waals surface area contributed by atoms with Crippen LogP contribution in [0.25, 0.3) is 0 Å². The molecule has 2 rings (SSSR count). The van der Waals surface area contributed by atoms with Crippen molar-refractivity contribution in [3.8, 4) is 0 Å². The standard InChI is InChI=1S/C16H32N2O2S/c1-16(11-7-12-17-16)10-5-6-13-21(19,20)18-14-15-8-3-2-4-9-15/h15,17-18H,2-14H2,1H3/t16-/m0/s1. The summed E-state index contributed by atoms with van der Waals surface area (Å²) in [4.78, 5) is 0. The highest BCUT2D eigenvalue weighted by molar-refractivity contribution is 7.89. The van der Waals surface area contributed by atoms with Gasteiger partial charge in [0.05, 0.1) is 5.75 Å². The lowest BCUT2D eigenvalue weighted by molar-refractivity contribution is 0.356. The number of hydrogen-bond acceptors (Lipinski definition) is 3. The van der Waals surface area contributed by atoms with Gasteiger partial charge in [0.25, 0.3) is 0 Å². The highest BCUT2D eigenvalue weighted by atomic mass is 32.2. The molecule has 0 radical (unpaired) electrons. The van der Waals surface area contributed by atoms with Crippen molar-refractivity contribution in [2.75, 3.05) is 18.8 Å². The van der Waals surface area contributed by atoms with Gasteiger partial charge in [-0.25, -0.2) is 13.1 Å². The Kier molecular flexibility index (Phi) is 6.51. The van der Waals surface area contributed by atoms with E-state index >= 15 is 0 Å². The van der Waals surface area contributed by atoms with Crippen molar-refractivity contribution in [1.29, 1.82) is 0 Å². The molecule has 0 aromatic carbocycles. The Bertz CT molecular complexity index is 397. The van der Waals surface area contributed by atoms with Crippen LogP contribution in [0.15, 0.2) is 0 Å². The molecule has 0 aromatic heterocycles. The fraction of sp³-hybridized carbons (Fsp3) is 1.00. The molecule has 1 saturated heterocycles. The summed E-state index contributed by atoms with van der Waals surface area (Å²) >= 11 is 0. The molecule has 21 heavy (non-hydrogen) atoms. The topological polar surface area (TPSA) is 58.2 Å². The van der Waals surface area contributed by atoms with Crippen molar-refractivity contribution in [3.63, 3.8) is 0 Å². The molecule has 2 fully saturated rings. The largest absolute Gasteiger partial charge is 0.312 e. The fourth-order valence-corrected chi connectivity index (χ4v) is 4.90. The van der Waals surface area contributed by atoms with Gasteiger partial charge in [0.2, 0.25) is 10.0 Å². The van der Waals surface area contributed by atoms with E-state index in [1.54, 1.807) is 0 Å². The van der Waals surface area contributed by atoms with E-state index in [2.05, 4.69) is 17.0 Å². The van der Waals surface area contributed by atoms with Crippen LogP contribution < -0.4 is 10.0 Å². The average Bonchev–Trinajstić information content (AvgIpc) is 2.90. The predicted octanol–water partition coefficient (Wildman–Crippen LogP) is 2.80. The Morgan fingerprint density at radius 2 is 1.90 bits per heavy atom. The van der Waals surface area contributed by atoms with Gasteiger partial charge < -0.3 is 5.32 Å². The van der Waals surface area contributed by atoms with Crippen LogP contribution >= 0.6 is 0 Å². The van der Waals surface area contributed by atoms with Gasteiger partial charge in [0, 0.05) is 12.1 Å². The number of rotatable bonds is 8. The number of unbranched alkanes of at least 4 members (excludes halogenated alkanes) is 1. The highest BCUT2D eigenvalue weighted by Gasteiger charge is 2.27. The van der Waals surface area contributed by atoms with E-state index in [4.69, 9.17) is 0 Å². The summed E-state index contributed by atoms with van der Waals surface area (Å²) in [6.45, 7) is 4.02. The van der Waals surface area contributed by atoms with E-state index in [1.807, 2.05) is 0 Å². The molecular weight excluding hydrogens is 284 g/mol. The van der Waals surface area contributed by atoms with Crippen LogP contribution in [0, 0.1) is 5.92 Å². The lowest BCUT2D eigenvalue weighted by Gasteiger charge is -2.24. The molecule has 1 aliphatic heterocycles. The molecule has 0 amide bonds. The van der Waals surface area contributed by atoms with Gasteiger partial charge in [0.15, 0.2) is 0 Å². The van der Waals surface area contributed by atoms with Crippen molar-refractivity contribution in [3.05, 3.63) is 0 Å². The zero-order valence-corrected chi connectivity index (χ0v) is 14.3. The zero-order chi connectivity index (χ0) is 15.2. The third kappa shape index (κ3) is 6.25. The Morgan fingerprint density at radius 3 is 2.57 bits per heavy atom. The summed E-state index contributed by atoms with van der Waals surface area (Å²) in [7, 11) is -3.07. The van der Waals surface area contributed by atoms with E-state index in [0.29, 0.717) is 12.5 Å². The second-order valence-electron chi connectivity index (χ2n) is 7.22. The van der Waals surface area contributed by atoms with Crippen molar-refractivity contribution in [1.82, 2.24) is 10.0 Å². The van der Waals surface area contributed by atoms with Gasteiger partial charge in [-0.2, -0.15) is 0 Å². The highest BCUT2D eigenvalue weighted by Crippen LogP contribution is 2.25. The monoisotopic (exact) mass is 316 g/mol. The maximum absolute atomic E-state index is 12.0. The Labute approximate surface area is 130 Å². The molecule has 0 bridgehead atoms. The second kappa shape index (κ2) is 7.93. The summed E-state index contributed by atoms with van der Waals surface area (Å²) in [5.74, 6) is 0.852. The first kappa shape index (κ1) is 17.2. The third-order valence-corrected chi connectivity index (χ3v) is 6.60. The van der Waals surface area contributed by atoms with Crippen LogP contribution in [0.5, 0.6) is 0 Å². The summed E-state index contributed by atoms with van der Waals surface area (Å²) in [6.07, 6.45) is 11.5. The minimum atomic E-state index is -3.07. The zero-order valence-electron chi connectivity index (χ0n) is 13.5. The van der Waals surface area contributed by atoms with Crippen LogP contribution in [0.3, 0.4) is 0 Å². The molecule has 1 saturated carbocycles. The van der Waals surface area contributed by atoms with Crippen molar-refractivity contribution >= 4 is 10.0 Å². The Morgan fingerprint density at radius 1 is 1.14 bits per heavy atom. The van der Waals surface area contributed by atoms with Gasteiger partial charge in [-0.3, -0.25) is 0 Å². The molecule has 1 heterocycles. The fourth-order valence-electron chi connectivity index (χ4n) is 3.69. The van der Waals surface area contributed by atoms with Crippen molar-refractivity contribution in [2.45, 2.75) is 76.7 Å². The Hall–Kier alpha value is -0.130. The average molecular weight is 317 g/mol. The maximum Gasteiger partial charge on any atom is 0.211 e. The third-order valence-electron chi connectivity index (χ3n) is 5.17. The predicted molar refractivity (Wildman–Crippen MR) is 87.9 cm³/mol. The summed E-state index contributed by atoms with van der Waals surface area (Å²) in [5.41, 5.74) is 0.249. The Balaban J connectivity index is 1.59. The quantitative estimate of drug-likeness (QED) is 0.677. The maximum atomic E-state index is 12.0. The van der Waals surface area contributed by atoms with E-state index in [9.17, 15) is 8.42 Å². The minimum absolute atomic E-state index is 0.249. The minimum Gasteiger partial charge on any atom is -0.312 e. The van der Waals surface area contributed by atoms with E-state index < -0.39 is 10.0 Å². The molecule has 0 spiro atoms. The van der Waals surface area contributed by atoms with Crippen LogP contribution in [0.2, 0.25) is 0 Å². The van der Waals surface area contributed by atoms with Crippen LogP contribution in [-0.2, 0) is 10.0 Å². The lowest BCUT2D eigenvalue weighted by Crippen LogP contribution is -2.36. The molecule has 0 unspecified atom stereocenters. The van der Waals surface area contributed by atoms with Crippen molar-refractivity contribution < 1.29 is 8.42 Å². The molecule has 1 atom stereocenters. The molecule has 2 aliphatic rings. The molecule has 2 N–H and O–H groups in total. The van der Waals surface area contributed by atoms with Crippen LogP contribution in [0.1, 0.15) is 71.1 Å². The van der Waals surface area contributed by atoms with Gasteiger partial charge in [-0.15, -0.1) is 0 Å². The molecule has 5 heteroatoms. The summed E-state index contributed by atoms with van der Waals surface area (Å²) in [5, 5.41) is 3.53. The number of nitrogens with one attached hydrogen (secondary N) is 2. The van der Waals surface area contributed by atoms with Crippen molar-refractivity contribution in [2.24, 2.45) is 5.92 Å². The first-order valence-corrected chi connectivity index (χ1v) is 10.4. The molecular formula is C16H32N2O2S. The van der Waals surface area contributed by atoms with Gasteiger partial charge in [-0.1, -0.05) is 25.7 Å². The van der Waals surface area contributed by atoms with Gasteiger partial charge in [0.1, 0.15) is 0 Å². The van der Waals surface area contributed by atoms with Gasteiger partial charge in [-0.05, 0) is 57.9 Å². The van der Waals surface area contributed by atoms with Crippen LogP contribution in [-0.4, -0.2) is 32.8 Å². The summed E-state index contributed by atoms with van der Waals surface area (Å²) < 4.78 is 26.9. The van der Waals surface area contributed by atoms with Crippen LogP contribution in [0.4, 0.5) is 0 Å². The van der Waals surface area contributed by atoms with Gasteiger partial charge >= 0.3 is 0 Å². The normalized spacial score (nSPS) is 28.0. The lowest BCUT2D eigenvalue weighted by atomic mass is 9.90. The summed E-state index contributed by atoms with van der Waals surface area (Å²) in [6, 6.07) is 0. The molecule has 1 aliphatic carbocycles. The first-order chi connectivity index (χ1) is 9.99. The molecule has 0 aromatic rings. The second-order valence-corrected chi connectivity index (χ2v) is 9.15. The molecule has 4 nitrogen and oxygen atoms in total. The number of hydrogen-bond donors (Lipinski definition) is 2. The molecule has 124 valence electrons. The van der Waals surface area contributed by atoms with E-state index in [-0.39, 0.29) is 11.3 Å². The number of sulfonamides is 1. The van der Waals surface area contributed by atoms with E-state index in [1.165, 1.54) is 44.9 Å².